The minimum atomic E-state index is -0.317. The number of carbonyl (C=O) groups excluding carboxylic acids is 1. The van der Waals surface area contributed by atoms with Gasteiger partial charge in [-0.05, 0) is 19.1 Å². The zero-order valence-corrected chi connectivity index (χ0v) is 10.1. The molecule has 5 heteroatoms. The first-order valence-electron chi connectivity index (χ1n) is 5.79. The SMILES string of the molecule is CCOC(=O)COCCNCCc1ccco1. The average molecular weight is 241 g/mol. The molecule has 1 aromatic heterocycles. The van der Waals surface area contributed by atoms with Crippen LogP contribution in [0.3, 0.4) is 0 Å². The molecule has 0 radical (unpaired) electrons. The highest BCUT2D eigenvalue weighted by Gasteiger charge is 2.00. The summed E-state index contributed by atoms with van der Waals surface area (Å²) in [6.45, 7) is 4.22. The van der Waals surface area contributed by atoms with Crippen LogP contribution in [0.2, 0.25) is 0 Å². The predicted octanol–water partition coefficient (Wildman–Crippen LogP) is 0.991. The Morgan fingerprint density at radius 2 is 2.35 bits per heavy atom. The maximum Gasteiger partial charge on any atom is 0.332 e. The van der Waals surface area contributed by atoms with Gasteiger partial charge < -0.3 is 19.2 Å². The lowest BCUT2D eigenvalue weighted by Gasteiger charge is -2.05. The van der Waals surface area contributed by atoms with Crippen molar-refractivity contribution >= 4 is 5.97 Å². The van der Waals surface area contributed by atoms with Crippen LogP contribution in [0.25, 0.3) is 0 Å². The summed E-state index contributed by atoms with van der Waals surface area (Å²) in [4.78, 5) is 10.9. The summed E-state index contributed by atoms with van der Waals surface area (Å²) in [6, 6.07) is 3.82. The average Bonchev–Trinajstić information content (AvgIpc) is 2.81. The second kappa shape index (κ2) is 8.78. The Morgan fingerprint density at radius 3 is 3.06 bits per heavy atom. The van der Waals surface area contributed by atoms with Gasteiger partial charge in [0.05, 0.1) is 19.5 Å². The van der Waals surface area contributed by atoms with Crippen LogP contribution in [0, 0.1) is 0 Å². The molecule has 0 aliphatic carbocycles. The molecule has 5 nitrogen and oxygen atoms in total. The monoisotopic (exact) mass is 241 g/mol. The fourth-order valence-corrected chi connectivity index (χ4v) is 1.29. The van der Waals surface area contributed by atoms with E-state index < -0.39 is 0 Å². The van der Waals surface area contributed by atoms with Crippen LogP contribution in [0.5, 0.6) is 0 Å². The highest BCUT2D eigenvalue weighted by atomic mass is 16.6. The van der Waals surface area contributed by atoms with E-state index in [1.165, 1.54) is 0 Å². The molecule has 0 fully saturated rings. The molecular weight excluding hydrogens is 222 g/mol. The number of hydrogen-bond acceptors (Lipinski definition) is 5. The quantitative estimate of drug-likeness (QED) is 0.516. The maximum absolute atomic E-state index is 10.9. The fourth-order valence-electron chi connectivity index (χ4n) is 1.29. The van der Waals surface area contributed by atoms with Crippen LogP contribution in [-0.2, 0) is 20.7 Å². The molecule has 17 heavy (non-hydrogen) atoms. The highest BCUT2D eigenvalue weighted by Crippen LogP contribution is 1.99. The maximum atomic E-state index is 10.9. The van der Waals surface area contributed by atoms with Crippen LogP contribution in [-0.4, -0.2) is 38.9 Å². The Balaban J connectivity index is 1.86. The first kappa shape index (κ1) is 13.7. The lowest BCUT2D eigenvalue weighted by atomic mass is 10.3. The summed E-state index contributed by atoms with van der Waals surface area (Å²) in [7, 11) is 0. The second-order valence-electron chi connectivity index (χ2n) is 3.44. The predicted molar refractivity (Wildman–Crippen MR) is 62.7 cm³/mol. The van der Waals surface area contributed by atoms with Crippen molar-refractivity contribution in [2.24, 2.45) is 0 Å². The number of carbonyl (C=O) groups is 1. The number of nitrogens with one attached hydrogen (secondary N) is 1. The molecule has 0 saturated heterocycles. The molecule has 96 valence electrons. The van der Waals surface area contributed by atoms with Gasteiger partial charge in [0.25, 0.3) is 0 Å². The molecule has 0 unspecified atom stereocenters. The number of hydrogen-bond donors (Lipinski definition) is 1. The molecule has 0 aliphatic rings. The lowest BCUT2D eigenvalue weighted by Crippen LogP contribution is -2.23. The Kier molecular flexibility index (Phi) is 7.09. The highest BCUT2D eigenvalue weighted by molar-refractivity contribution is 5.70. The minimum absolute atomic E-state index is 0.0215. The van der Waals surface area contributed by atoms with Crippen molar-refractivity contribution in [3.8, 4) is 0 Å². The van der Waals surface area contributed by atoms with Crippen molar-refractivity contribution < 1.29 is 18.7 Å². The largest absolute Gasteiger partial charge is 0.469 e. The first-order valence-corrected chi connectivity index (χ1v) is 5.79. The number of furan rings is 1. The van der Waals surface area contributed by atoms with Gasteiger partial charge in [-0.2, -0.15) is 0 Å². The molecule has 0 saturated carbocycles. The third-order valence-electron chi connectivity index (χ3n) is 2.08. The van der Waals surface area contributed by atoms with E-state index in [2.05, 4.69) is 5.32 Å². The standard InChI is InChI=1S/C12H19NO4/c1-2-16-12(14)10-15-9-7-13-6-5-11-4-3-8-17-11/h3-4,8,13H,2,5-7,9-10H2,1H3. The second-order valence-corrected chi connectivity index (χ2v) is 3.44. The summed E-state index contributed by atoms with van der Waals surface area (Å²) >= 11 is 0. The molecule has 0 aliphatic heterocycles. The van der Waals surface area contributed by atoms with Gasteiger partial charge in [-0.15, -0.1) is 0 Å². The van der Waals surface area contributed by atoms with Crippen LogP contribution in [0.1, 0.15) is 12.7 Å². The van der Waals surface area contributed by atoms with Crippen LogP contribution in [0.15, 0.2) is 22.8 Å². The lowest BCUT2D eigenvalue weighted by molar-refractivity contribution is -0.148. The van der Waals surface area contributed by atoms with E-state index in [0.717, 1.165) is 18.7 Å². The van der Waals surface area contributed by atoms with Crippen molar-refractivity contribution in [1.29, 1.82) is 0 Å². The van der Waals surface area contributed by atoms with Crippen molar-refractivity contribution in [1.82, 2.24) is 5.32 Å². The zero-order valence-electron chi connectivity index (χ0n) is 10.1. The molecular formula is C12H19NO4. The first-order chi connectivity index (χ1) is 8.33. The summed E-state index contributed by atoms with van der Waals surface area (Å²) in [5.41, 5.74) is 0. The molecule has 0 aromatic carbocycles. The van der Waals surface area contributed by atoms with Gasteiger partial charge in [-0.3, -0.25) is 0 Å². The van der Waals surface area contributed by atoms with E-state index >= 15 is 0 Å². The number of rotatable bonds is 9. The van der Waals surface area contributed by atoms with Gasteiger partial charge in [0.2, 0.25) is 0 Å². The van der Waals surface area contributed by atoms with Gasteiger partial charge in [-0.25, -0.2) is 4.79 Å². The van der Waals surface area contributed by atoms with Gasteiger partial charge >= 0.3 is 5.97 Å². The molecule has 0 amide bonds. The van der Waals surface area contributed by atoms with E-state index in [1.807, 2.05) is 12.1 Å². The zero-order chi connectivity index (χ0) is 12.3. The van der Waals surface area contributed by atoms with Crippen molar-refractivity contribution in [3.05, 3.63) is 24.2 Å². The van der Waals surface area contributed by atoms with Gasteiger partial charge in [-0.1, -0.05) is 0 Å². The van der Waals surface area contributed by atoms with Crippen LogP contribution >= 0.6 is 0 Å². The van der Waals surface area contributed by atoms with Crippen LogP contribution in [0.4, 0.5) is 0 Å². The van der Waals surface area contributed by atoms with Gasteiger partial charge in [0.15, 0.2) is 0 Å². The van der Waals surface area contributed by atoms with E-state index in [1.54, 1.807) is 13.2 Å². The summed E-state index contributed by atoms with van der Waals surface area (Å²) < 4.78 is 15.0. The molecule has 1 N–H and O–H groups in total. The molecule has 0 atom stereocenters. The topological polar surface area (TPSA) is 60.7 Å². The Hall–Kier alpha value is -1.33. The Morgan fingerprint density at radius 1 is 1.47 bits per heavy atom. The molecule has 1 aromatic rings. The van der Waals surface area contributed by atoms with Crippen molar-refractivity contribution in [3.63, 3.8) is 0 Å². The molecule has 1 rings (SSSR count). The van der Waals surface area contributed by atoms with Gasteiger partial charge in [0.1, 0.15) is 12.4 Å². The molecule has 0 spiro atoms. The van der Waals surface area contributed by atoms with E-state index in [4.69, 9.17) is 13.9 Å². The molecule has 0 bridgehead atoms. The minimum Gasteiger partial charge on any atom is -0.469 e. The normalized spacial score (nSPS) is 10.4. The van der Waals surface area contributed by atoms with Gasteiger partial charge in [0, 0.05) is 19.5 Å². The summed E-state index contributed by atoms with van der Waals surface area (Å²) in [5.74, 6) is 0.646. The fraction of sp³-hybridized carbons (Fsp3) is 0.583. The van der Waals surface area contributed by atoms with Crippen molar-refractivity contribution in [2.45, 2.75) is 13.3 Å². The number of ether oxygens (including phenoxy) is 2. The number of esters is 1. The van der Waals surface area contributed by atoms with Crippen LogP contribution < -0.4 is 5.32 Å². The van der Waals surface area contributed by atoms with Crippen molar-refractivity contribution in [2.75, 3.05) is 32.9 Å². The smallest absolute Gasteiger partial charge is 0.332 e. The van der Waals surface area contributed by atoms with E-state index in [-0.39, 0.29) is 12.6 Å². The Labute approximate surface area is 101 Å². The van der Waals surface area contributed by atoms with E-state index in [0.29, 0.717) is 19.8 Å². The summed E-state index contributed by atoms with van der Waals surface area (Å²) in [6.07, 6.45) is 2.52. The van der Waals surface area contributed by atoms with E-state index in [9.17, 15) is 4.79 Å². The third-order valence-corrected chi connectivity index (χ3v) is 2.08. The summed E-state index contributed by atoms with van der Waals surface area (Å²) in [5, 5.41) is 3.19. The third kappa shape index (κ3) is 6.76. The Bertz CT molecular complexity index is 297. The molecule has 1 heterocycles.